The molecule has 1 aromatic carbocycles. The van der Waals surface area contributed by atoms with Crippen LogP contribution < -0.4 is 5.32 Å². The SMILES string of the molecule is C[C@H]1CC(C(=O)OCc2ccccc2)CCN1. The molecule has 1 aromatic rings. The summed E-state index contributed by atoms with van der Waals surface area (Å²) in [6.07, 6.45) is 1.77. The van der Waals surface area contributed by atoms with Crippen molar-refractivity contribution in [3.8, 4) is 0 Å². The number of hydrogen-bond acceptors (Lipinski definition) is 3. The third-order valence-corrected chi connectivity index (χ3v) is 3.18. The molecule has 1 saturated heterocycles. The van der Waals surface area contributed by atoms with Crippen LogP contribution in [-0.2, 0) is 16.1 Å². The molecule has 17 heavy (non-hydrogen) atoms. The molecule has 0 spiro atoms. The number of rotatable bonds is 3. The van der Waals surface area contributed by atoms with Gasteiger partial charge in [0.15, 0.2) is 0 Å². The fraction of sp³-hybridized carbons (Fsp3) is 0.500. The third kappa shape index (κ3) is 3.56. The molecule has 0 radical (unpaired) electrons. The lowest BCUT2D eigenvalue weighted by Crippen LogP contribution is -2.39. The molecule has 1 N–H and O–H groups in total. The third-order valence-electron chi connectivity index (χ3n) is 3.18. The zero-order chi connectivity index (χ0) is 12.1. The van der Waals surface area contributed by atoms with Crippen LogP contribution in [0.4, 0.5) is 0 Å². The smallest absolute Gasteiger partial charge is 0.309 e. The molecule has 0 bridgehead atoms. The van der Waals surface area contributed by atoms with Gasteiger partial charge >= 0.3 is 5.97 Å². The van der Waals surface area contributed by atoms with E-state index in [1.54, 1.807) is 0 Å². The van der Waals surface area contributed by atoms with Gasteiger partial charge in [-0.1, -0.05) is 30.3 Å². The van der Waals surface area contributed by atoms with Gasteiger partial charge in [0, 0.05) is 6.04 Å². The molecule has 1 unspecified atom stereocenters. The fourth-order valence-corrected chi connectivity index (χ4v) is 2.19. The summed E-state index contributed by atoms with van der Waals surface area (Å²) in [7, 11) is 0. The number of hydrogen-bond donors (Lipinski definition) is 1. The van der Waals surface area contributed by atoms with Crippen LogP contribution in [0.1, 0.15) is 25.3 Å². The highest BCUT2D eigenvalue weighted by Gasteiger charge is 2.25. The van der Waals surface area contributed by atoms with E-state index < -0.39 is 0 Å². The van der Waals surface area contributed by atoms with E-state index >= 15 is 0 Å². The van der Waals surface area contributed by atoms with Gasteiger partial charge in [-0.05, 0) is 31.9 Å². The lowest BCUT2D eigenvalue weighted by molar-refractivity contribution is -0.151. The lowest BCUT2D eigenvalue weighted by atomic mass is 9.93. The molecule has 0 aliphatic carbocycles. The predicted molar refractivity (Wildman–Crippen MR) is 66.4 cm³/mol. The van der Waals surface area contributed by atoms with Crippen LogP contribution in [0.3, 0.4) is 0 Å². The second-order valence-corrected chi connectivity index (χ2v) is 4.67. The van der Waals surface area contributed by atoms with Gasteiger partial charge in [-0.3, -0.25) is 4.79 Å². The number of esters is 1. The summed E-state index contributed by atoms with van der Waals surface area (Å²) in [4.78, 5) is 11.9. The Morgan fingerprint density at radius 3 is 2.88 bits per heavy atom. The molecule has 1 fully saturated rings. The van der Waals surface area contributed by atoms with Crippen molar-refractivity contribution in [2.75, 3.05) is 6.54 Å². The van der Waals surface area contributed by atoms with Crippen molar-refractivity contribution in [3.05, 3.63) is 35.9 Å². The maximum Gasteiger partial charge on any atom is 0.309 e. The Morgan fingerprint density at radius 1 is 1.41 bits per heavy atom. The van der Waals surface area contributed by atoms with Gasteiger partial charge in [0.05, 0.1) is 5.92 Å². The second kappa shape index (κ2) is 5.82. The number of piperidine rings is 1. The minimum atomic E-state index is -0.0535. The zero-order valence-corrected chi connectivity index (χ0v) is 10.2. The number of benzene rings is 1. The molecule has 1 aliphatic rings. The van der Waals surface area contributed by atoms with Crippen molar-refractivity contribution in [2.45, 2.75) is 32.4 Å². The standard InChI is InChI=1S/C14H19NO2/c1-11-9-13(7-8-15-11)14(16)17-10-12-5-3-2-4-6-12/h2-6,11,13,15H,7-10H2,1H3/t11-,13?/m0/s1. The summed E-state index contributed by atoms with van der Waals surface area (Å²) >= 11 is 0. The van der Waals surface area contributed by atoms with Crippen molar-refractivity contribution in [1.82, 2.24) is 5.32 Å². The predicted octanol–water partition coefficient (Wildman–Crippen LogP) is 2.12. The van der Waals surface area contributed by atoms with E-state index in [4.69, 9.17) is 4.74 Å². The summed E-state index contributed by atoms with van der Waals surface area (Å²) in [5.74, 6) is 0.0113. The molecular weight excluding hydrogens is 214 g/mol. The lowest BCUT2D eigenvalue weighted by Gasteiger charge is -2.26. The van der Waals surface area contributed by atoms with E-state index in [-0.39, 0.29) is 11.9 Å². The number of nitrogens with one attached hydrogen (secondary N) is 1. The van der Waals surface area contributed by atoms with Crippen molar-refractivity contribution in [3.63, 3.8) is 0 Å². The summed E-state index contributed by atoms with van der Waals surface area (Å²) in [5.41, 5.74) is 1.04. The molecule has 1 aliphatic heterocycles. The molecule has 3 heteroatoms. The maximum absolute atomic E-state index is 11.9. The topological polar surface area (TPSA) is 38.3 Å². The summed E-state index contributed by atoms with van der Waals surface area (Å²) in [6.45, 7) is 3.40. The minimum Gasteiger partial charge on any atom is -0.461 e. The van der Waals surface area contributed by atoms with Crippen LogP contribution in [-0.4, -0.2) is 18.6 Å². The van der Waals surface area contributed by atoms with E-state index in [1.165, 1.54) is 0 Å². The maximum atomic E-state index is 11.9. The molecule has 0 saturated carbocycles. The highest BCUT2D eigenvalue weighted by atomic mass is 16.5. The van der Waals surface area contributed by atoms with Crippen LogP contribution in [0.15, 0.2) is 30.3 Å². The Bertz CT molecular complexity index is 364. The van der Waals surface area contributed by atoms with Gasteiger partial charge in [-0.25, -0.2) is 0 Å². The van der Waals surface area contributed by atoms with Gasteiger partial charge in [0.2, 0.25) is 0 Å². The van der Waals surface area contributed by atoms with Crippen LogP contribution in [0, 0.1) is 5.92 Å². The molecule has 92 valence electrons. The van der Waals surface area contributed by atoms with Crippen LogP contribution in [0.25, 0.3) is 0 Å². The summed E-state index contributed by atoms with van der Waals surface area (Å²) in [6, 6.07) is 10.2. The Hall–Kier alpha value is -1.35. The monoisotopic (exact) mass is 233 g/mol. The fourth-order valence-electron chi connectivity index (χ4n) is 2.19. The summed E-state index contributed by atoms with van der Waals surface area (Å²) < 4.78 is 5.35. The molecule has 2 rings (SSSR count). The first kappa shape index (κ1) is 12.1. The van der Waals surface area contributed by atoms with Crippen molar-refractivity contribution < 1.29 is 9.53 Å². The van der Waals surface area contributed by atoms with Gasteiger partial charge in [-0.2, -0.15) is 0 Å². The highest BCUT2D eigenvalue weighted by Crippen LogP contribution is 2.18. The Balaban J connectivity index is 1.81. The minimum absolute atomic E-state index is 0.0535. The Kier molecular flexibility index (Phi) is 4.15. The Morgan fingerprint density at radius 2 is 2.18 bits per heavy atom. The van der Waals surface area contributed by atoms with Crippen LogP contribution in [0.2, 0.25) is 0 Å². The van der Waals surface area contributed by atoms with Crippen LogP contribution in [0.5, 0.6) is 0 Å². The zero-order valence-electron chi connectivity index (χ0n) is 10.2. The van der Waals surface area contributed by atoms with E-state index in [0.29, 0.717) is 12.6 Å². The molecule has 0 amide bonds. The first-order valence-corrected chi connectivity index (χ1v) is 6.19. The molecule has 1 heterocycles. The van der Waals surface area contributed by atoms with E-state index in [9.17, 15) is 4.79 Å². The molecule has 0 aromatic heterocycles. The molecule has 3 nitrogen and oxygen atoms in total. The van der Waals surface area contributed by atoms with E-state index in [2.05, 4.69) is 12.2 Å². The first-order valence-electron chi connectivity index (χ1n) is 6.19. The van der Waals surface area contributed by atoms with E-state index in [1.807, 2.05) is 30.3 Å². The Labute approximate surface area is 102 Å². The van der Waals surface area contributed by atoms with Gasteiger partial charge in [0.1, 0.15) is 6.61 Å². The van der Waals surface area contributed by atoms with Crippen molar-refractivity contribution in [2.24, 2.45) is 5.92 Å². The average molecular weight is 233 g/mol. The largest absolute Gasteiger partial charge is 0.461 e. The summed E-state index contributed by atoms with van der Waals surface area (Å²) in [5, 5.41) is 3.33. The van der Waals surface area contributed by atoms with Crippen molar-refractivity contribution >= 4 is 5.97 Å². The highest BCUT2D eigenvalue weighted by molar-refractivity contribution is 5.72. The average Bonchev–Trinajstić information content (AvgIpc) is 2.37. The van der Waals surface area contributed by atoms with Gasteiger partial charge in [0.25, 0.3) is 0 Å². The molecule has 2 atom stereocenters. The van der Waals surface area contributed by atoms with Gasteiger partial charge < -0.3 is 10.1 Å². The number of ether oxygens (including phenoxy) is 1. The second-order valence-electron chi connectivity index (χ2n) is 4.67. The van der Waals surface area contributed by atoms with Crippen molar-refractivity contribution in [1.29, 1.82) is 0 Å². The van der Waals surface area contributed by atoms with Crippen LogP contribution >= 0.6 is 0 Å². The first-order chi connectivity index (χ1) is 8.25. The quantitative estimate of drug-likeness (QED) is 0.813. The molecular formula is C14H19NO2. The van der Waals surface area contributed by atoms with E-state index in [0.717, 1.165) is 24.9 Å². The van der Waals surface area contributed by atoms with Gasteiger partial charge in [-0.15, -0.1) is 0 Å². The number of carbonyl (C=O) groups excluding carboxylic acids is 1. The number of carbonyl (C=O) groups is 1. The normalized spacial score (nSPS) is 24.3.